The van der Waals surface area contributed by atoms with Gasteiger partial charge in [0, 0.05) is 0 Å². The molecule has 0 radical (unpaired) electrons. The number of carbonyl (C=O) groups excluding carboxylic acids is 1. The summed E-state index contributed by atoms with van der Waals surface area (Å²) in [6.07, 6.45) is 25.4. The van der Waals surface area contributed by atoms with Crippen LogP contribution in [-0.4, -0.2) is 11.2 Å². The molecule has 0 bridgehead atoms. The fourth-order valence-electron chi connectivity index (χ4n) is 4.64. The molecule has 0 spiro atoms. The zero-order valence-electron chi connectivity index (χ0n) is 21.1. The van der Waals surface area contributed by atoms with Crippen LogP contribution in [0, 0.1) is 0 Å². The second-order valence-corrected chi connectivity index (χ2v) is 9.48. The molecular formula is C29H50O3. The Morgan fingerprint density at radius 1 is 0.656 bits per heavy atom. The standard InChI is InChI=1S/C29H50O3/c1-3-5-7-9-11-13-14-16-18-20-24-27-26(23-21-25-28(27)29(30)32-31)22-19-17-15-12-10-8-6-4-2/h21,23,25,31H,3-20,22,24H2,1-2H3. The molecule has 3 nitrogen and oxygen atoms in total. The van der Waals surface area contributed by atoms with Crippen LogP contribution < -0.4 is 0 Å². The third kappa shape index (κ3) is 13.3. The Labute approximate surface area is 198 Å². The summed E-state index contributed by atoms with van der Waals surface area (Å²) in [6, 6.07) is 5.87. The fourth-order valence-corrected chi connectivity index (χ4v) is 4.64. The van der Waals surface area contributed by atoms with Gasteiger partial charge in [-0.05, 0) is 42.9 Å². The summed E-state index contributed by atoms with van der Waals surface area (Å²) in [5.74, 6) is -0.621. The molecule has 0 atom stereocenters. The van der Waals surface area contributed by atoms with Gasteiger partial charge in [-0.15, -0.1) is 0 Å². The topological polar surface area (TPSA) is 46.5 Å². The van der Waals surface area contributed by atoms with Gasteiger partial charge in [0.2, 0.25) is 0 Å². The lowest BCUT2D eigenvalue weighted by atomic mass is 9.92. The number of rotatable bonds is 21. The van der Waals surface area contributed by atoms with Gasteiger partial charge in [0.25, 0.3) is 0 Å². The molecule has 0 aliphatic carbocycles. The average Bonchev–Trinajstić information content (AvgIpc) is 2.81. The third-order valence-electron chi connectivity index (χ3n) is 6.66. The van der Waals surface area contributed by atoms with Gasteiger partial charge in [-0.25, -0.2) is 4.79 Å². The van der Waals surface area contributed by atoms with Crippen molar-refractivity contribution in [3.8, 4) is 0 Å². The van der Waals surface area contributed by atoms with Crippen LogP contribution in [0.4, 0.5) is 0 Å². The fraction of sp³-hybridized carbons (Fsp3) is 0.759. The summed E-state index contributed by atoms with van der Waals surface area (Å²) in [7, 11) is 0. The minimum atomic E-state index is -0.621. The van der Waals surface area contributed by atoms with Crippen molar-refractivity contribution in [2.75, 3.05) is 0 Å². The first-order valence-electron chi connectivity index (χ1n) is 13.7. The Bertz CT molecular complexity index is 582. The van der Waals surface area contributed by atoms with Crippen molar-refractivity contribution in [2.45, 2.75) is 142 Å². The number of carbonyl (C=O) groups is 1. The summed E-state index contributed by atoms with van der Waals surface area (Å²) < 4.78 is 0. The second-order valence-electron chi connectivity index (χ2n) is 9.48. The van der Waals surface area contributed by atoms with Crippen molar-refractivity contribution in [3.63, 3.8) is 0 Å². The Morgan fingerprint density at radius 2 is 1.09 bits per heavy atom. The van der Waals surface area contributed by atoms with Gasteiger partial charge in [0.05, 0.1) is 5.56 Å². The Hall–Kier alpha value is -1.35. The molecule has 0 aliphatic rings. The molecule has 0 aliphatic heterocycles. The summed E-state index contributed by atoms with van der Waals surface area (Å²) in [4.78, 5) is 16.2. The van der Waals surface area contributed by atoms with Crippen molar-refractivity contribution in [1.82, 2.24) is 0 Å². The van der Waals surface area contributed by atoms with E-state index in [1.165, 1.54) is 108 Å². The van der Waals surface area contributed by atoms with E-state index >= 15 is 0 Å². The number of unbranched alkanes of at least 4 members (excludes halogenated alkanes) is 16. The monoisotopic (exact) mass is 446 g/mol. The van der Waals surface area contributed by atoms with Crippen molar-refractivity contribution in [1.29, 1.82) is 0 Å². The highest BCUT2D eigenvalue weighted by Gasteiger charge is 2.16. The highest BCUT2D eigenvalue weighted by atomic mass is 17.1. The van der Waals surface area contributed by atoms with E-state index in [4.69, 9.17) is 5.26 Å². The maximum Gasteiger partial charge on any atom is 0.373 e. The largest absolute Gasteiger partial charge is 0.373 e. The summed E-state index contributed by atoms with van der Waals surface area (Å²) >= 11 is 0. The maximum absolute atomic E-state index is 12.1. The Morgan fingerprint density at radius 3 is 1.56 bits per heavy atom. The zero-order chi connectivity index (χ0) is 23.3. The van der Waals surface area contributed by atoms with Crippen molar-refractivity contribution in [3.05, 3.63) is 34.9 Å². The first kappa shape index (κ1) is 28.7. The van der Waals surface area contributed by atoms with Crippen molar-refractivity contribution >= 4 is 5.97 Å². The first-order valence-corrected chi connectivity index (χ1v) is 13.7. The van der Waals surface area contributed by atoms with Gasteiger partial charge >= 0.3 is 5.97 Å². The smallest absolute Gasteiger partial charge is 0.295 e. The van der Waals surface area contributed by atoms with Crippen molar-refractivity contribution in [2.24, 2.45) is 0 Å². The van der Waals surface area contributed by atoms with Crippen LogP contribution in [-0.2, 0) is 17.7 Å². The van der Waals surface area contributed by atoms with Crippen LogP contribution in [0.3, 0.4) is 0 Å². The van der Waals surface area contributed by atoms with Gasteiger partial charge < -0.3 is 0 Å². The number of hydrogen-bond acceptors (Lipinski definition) is 3. The molecule has 32 heavy (non-hydrogen) atoms. The molecule has 1 N–H and O–H groups in total. The number of benzene rings is 1. The molecular weight excluding hydrogens is 396 g/mol. The van der Waals surface area contributed by atoms with Gasteiger partial charge in [0.15, 0.2) is 0 Å². The van der Waals surface area contributed by atoms with E-state index in [0.717, 1.165) is 31.2 Å². The lowest BCUT2D eigenvalue weighted by molar-refractivity contribution is -0.182. The zero-order valence-corrected chi connectivity index (χ0v) is 21.1. The van der Waals surface area contributed by atoms with E-state index in [1.54, 1.807) is 6.07 Å². The summed E-state index contributed by atoms with van der Waals surface area (Å²) in [5, 5.41) is 8.93. The maximum atomic E-state index is 12.1. The van der Waals surface area contributed by atoms with Crippen LogP contribution in [0.5, 0.6) is 0 Å². The first-order chi connectivity index (χ1) is 15.7. The van der Waals surface area contributed by atoms with Crippen molar-refractivity contribution < 1.29 is 14.9 Å². The molecule has 0 fully saturated rings. The number of hydrogen-bond donors (Lipinski definition) is 1. The molecule has 1 rings (SSSR count). The van der Waals surface area contributed by atoms with E-state index in [-0.39, 0.29) is 0 Å². The normalized spacial score (nSPS) is 11.1. The molecule has 0 heterocycles. The average molecular weight is 447 g/mol. The van der Waals surface area contributed by atoms with Crippen LogP contribution in [0.15, 0.2) is 18.2 Å². The minimum absolute atomic E-state index is 0.542. The predicted octanol–water partition coefficient (Wildman–Crippen LogP) is 9.46. The third-order valence-corrected chi connectivity index (χ3v) is 6.66. The molecule has 0 amide bonds. The lowest BCUT2D eigenvalue weighted by Gasteiger charge is -2.13. The van der Waals surface area contributed by atoms with Gasteiger partial charge in [0.1, 0.15) is 0 Å². The summed E-state index contributed by atoms with van der Waals surface area (Å²) in [5.41, 5.74) is 2.89. The van der Waals surface area contributed by atoms with E-state index in [2.05, 4.69) is 24.8 Å². The quantitative estimate of drug-likeness (QED) is 0.116. The summed E-state index contributed by atoms with van der Waals surface area (Å²) in [6.45, 7) is 4.52. The molecule has 0 aromatic heterocycles. The SMILES string of the molecule is CCCCCCCCCCCCc1c(CCCCCCCCCC)cccc1C(=O)OO. The molecule has 0 unspecified atom stereocenters. The van der Waals surface area contributed by atoms with Gasteiger partial charge in [-0.1, -0.05) is 129 Å². The Balaban J connectivity index is 2.40. The van der Waals surface area contributed by atoms with Crippen LogP contribution in [0.1, 0.15) is 151 Å². The number of aryl methyl sites for hydroxylation is 1. The molecule has 3 heteroatoms. The Kier molecular flexibility index (Phi) is 18.2. The highest BCUT2D eigenvalue weighted by Crippen LogP contribution is 2.22. The molecule has 1 aromatic carbocycles. The second kappa shape index (κ2) is 20.3. The molecule has 184 valence electrons. The lowest BCUT2D eigenvalue weighted by Crippen LogP contribution is -2.09. The van der Waals surface area contributed by atoms with Crippen LogP contribution >= 0.6 is 0 Å². The van der Waals surface area contributed by atoms with Gasteiger partial charge in [-0.3, -0.25) is 4.89 Å². The van der Waals surface area contributed by atoms with E-state index in [1.807, 2.05) is 6.07 Å². The molecule has 0 saturated carbocycles. The minimum Gasteiger partial charge on any atom is -0.295 e. The van der Waals surface area contributed by atoms with E-state index in [9.17, 15) is 4.79 Å². The van der Waals surface area contributed by atoms with E-state index < -0.39 is 5.97 Å². The van der Waals surface area contributed by atoms with E-state index in [0.29, 0.717) is 5.56 Å². The highest BCUT2D eigenvalue weighted by molar-refractivity contribution is 5.91. The predicted molar refractivity (Wildman–Crippen MR) is 136 cm³/mol. The molecule has 0 saturated heterocycles. The van der Waals surface area contributed by atoms with Gasteiger partial charge in [-0.2, -0.15) is 5.26 Å². The molecule has 1 aromatic rings. The van der Waals surface area contributed by atoms with Crippen LogP contribution in [0.25, 0.3) is 0 Å². The van der Waals surface area contributed by atoms with Crippen LogP contribution in [0.2, 0.25) is 0 Å².